The van der Waals surface area contributed by atoms with Crippen molar-refractivity contribution in [2.75, 3.05) is 12.8 Å². The third kappa shape index (κ3) is 6.36. The summed E-state index contributed by atoms with van der Waals surface area (Å²) in [6.07, 6.45) is 3.86. The number of hydrogen-bond acceptors (Lipinski definition) is 3. The first-order valence-corrected chi connectivity index (χ1v) is 6.34. The van der Waals surface area contributed by atoms with Gasteiger partial charge in [-0.1, -0.05) is 27.2 Å². The van der Waals surface area contributed by atoms with Gasteiger partial charge in [-0.3, -0.25) is 0 Å². The Morgan fingerprint density at radius 3 is 2.38 bits per heavy atom. The van der Waals surface area contributed by atoms with Crippen LogP contribution in [0, 0.1) is 0 Å². The van der Waals surface area contributed by atoms with E-state index in [9.17, 15) is 5.11 Å². The molecule has 0 rings (SSSR count). The van der Waals surface area contributed by atoms with Crippen molar-refractivity contribution < 1.29 is 5.11 Å². The zero-order valence-corrected chi connectivity index (χ0v) is 10.0. The number of hydrogen-bond donors (Lipinski definition) is 2. The van der Waals surface area contributed by atoms with E-state index in [0.717, 1.165) is 19.4 Å². The van der Waals surface area contributed by atoms with Gasteiger partial charge < -0.3 is 10.4 Å². The highest BCUT2D eigenvalue weighted by atomic mass is 32.2. The summed E-state index contributed by atoms with van der Waals surface area (Å²) in [5.74, 6) is 0. The summed E-state index contributed by atoms with van der Waals surface area (Å²) in [7, 11) is 0. The van der Waals surface area contributed by atoms with Crippen molar-refractivity contribution in [2.24, 2.45) is 0 Å². The average molecular weight is 205 g/mol. The van der Waals surface area contributed by atoms with Crippen LogP contribution in [0.2, 0.25) is 0 Å². The maximum absolute atomic E-state index is 9.76. The normalized spacial score (nSPS) is 16.2. The predicted octanol–water partition coefficient (Wildman–Crippen LogP) is 1.88. The Morgan fingerprint density at radius 2 is 2.00 bits per heavy atom. The number of rotatable bonds is 7. The van der Waals surface area contributed by atoms with Gasteiger partial charge in [-0.25, -0.2) is 0 Å². The van der Waals surface area contributed by atoms with Gasteiger partial charge in [0.15, 0.2) is 0 Å². The molecule has 0 spiro atoms. The SMILES string of the molecule is CCC[C@H](O)[C@@H](CNC(C)C)SC. The molecule has 0 aromatic carbocycles. The van der Waals surface area contributed by atoms with Crippen LogP contribution in [0.15, 0.2) is 0 Å². The van der Waals surface area contributed by atoms with Gasteiger partial charge in [0.05, 0.1) is 6.10 Å². The van der Waals surface area contributed by atoms with Crippen LogP contribution < -0.4 is 5.32 Å². The van der Waals surface area contributed by atoms with E-state index in [1.807, 2.05) is 0 Å². The molecule has 0 saturated heterocycles. The van der Waals surface area contributed by atoms with E-state index in [2.05, 4.69) is 32.3 Å². The van der Waals surface area contributed by atoms with Crippen LogP contribution in [0.4, 0.5) is 0 Å². The fourth-order valence-electron chi connectivity index (χ4n) is 1.21. The Hall–Kier alpha value is 0.270. The summed E-state index contributed by atoms with van der Waals surface area (Å²) in [6, 6.07) is 0.503. The molecule has 0 aliphatic heterocycles. The first-order valence-electron chi connectivity index (χ1n) is 5.06. The Kier molecular flexibility index (Phi) is 7.81. The lowest BCUT2D eigenvalue weighted by molar-refractivity contribution is 0.158. The molecule has 0 aromatic heterocycles. The second-order valence-corrected chi connectivity index (χ2v) is 4.77. The summed E-state index contributed by atoms with van der Waals surface area (Å²) < 4.78 is 0. The molecule has 2 nitrogen and oxygen atoms in total. The highest BCUT2D eigenvalue weighted by molar-refractivity contribution is 7.99. The molecule has 0 amide bonds. The molecule has 0 aliphatic carbocycles. The monoisotopic (exact) mass is 205 g/mol. The van der Waals surface area contributed by atoms with Crippen molar-refractivity contribution >= 4 is 11.8 Å². The van der Waals surface area contributed by atoms with Crippen LogP contribution in [-0.4, -0.2) is 35.3 Å². The van der Waals surface area contributed by atoms with Crippen molar-refractivity contribution in [3.8, 4) is 0 Å². The molecule has 0 bridgehead atoms. The Bertz CT molecular complexity index is 119. The second-order valence-electron chi connectivity index (χ2n) is 3.69. The number of nitrogens with one attached hydrogen (secondary N) is 1. The van der Waals surface area contributed by atoms with Crippen molar-refractivity contribution in [2.45, 2.75) is 51.0 Å². The topological polar surface area (TPSA) is 32.3 Å². The quantitative estimate of drug-likeness (QED) is 0.665. The molecule has 0 saturated carbocycles. The first kappa shape index (κ1) is 13.3. The van der Waals surface area contributed by atoms with E-state index >= 15 is 0 Å². The third-order valence-electron chi connectivity index (χ3n) is 2.04. The molecular weight excluding hydrogens is 182 g/mol. The smallest absolute Gasteiger partial charge is 0.0670 e. The van der Waals surface area contributed by atoms with E-state index < -0.39 is 0 Å². The molecule has 13 heavy (non-hydrogen) atoms. The maximum Gasteiger partial charge on any atom is 0.0670 e. The molecule has 0 heterocycles. The van der Waals surface area contributed by atoms with E-state index in [4.69, 9.17) is 0 Å². The Balaban J connectivity index is 3.73. The molecule has 2 N–H and O–H groups in total. The van der Waals surface area contributed by atoms with Gasteiger partial charge in [-0.2, -0.15) is 11.8 Å². The van der Waals surface area contributed by atoms with Crippen LogP contribution in [0.5, 0.6) is 0 Å². The molecule has 0 unspecified atom stereocenters. The minimum atomic E-state index is -0.161. The van der Waals surface area contributed by atoms with Crippen LogP contribution in [-0.2, 0) is 0 Å². The maximum atomic E-state index is 9.76. The molecular formula is C10H23NOS. The zero-order valence-electron chi connectivity index (χ0n) is 9.21. The van der Waals surface area contributed by atoms with Crippen LogP contribution in [0.25, 0.3) is 0 Å². The number of aliphatic hydroxyl groups excluding tert-OH is 1. The Labute approximate surface area is 86.5 Å². The minimum absolute atomic E-state index is 0.161. The van der Waals surface area contributed by atoms with Gasteiger partial charge in [0.1, 0.15) is 0 Å². The van der Waals surface area contributed by atoms with Gasteiger partial charge in [0, 0.05) is 17.8 Å². The van der Waals surface area contributed by atoms with Gasteiger partial charge in [0.2, 0.25) is 0 Å². The standard InChI is InChI=1S/C10H23NOS/c1-5-6-9(12)10(13-4)7-11-8(2)3/h8-12H,5-7H2,1-4H3/t9-,10+/m0/s1. The van der Waals surface area contributed by atoms with Crippen molar-refractivity contribution in [3.05, 3.63) is 0 Å². The van der Waals surface area contributed by atoms with E-state index in [0.29, 0.717) is 11.3 Å². The van der Waals surface area contributed by atoms with Crippen molar-refractivity contribution in [3.63, 3.8) is 0 Å². The van der Waals surface area contributed by atoms with Gasteiger partial charge in [-0.05, 0) is 12.7 Å². The van der Waals surface area contributed by atoms with Gasteiger partial charge >= 0.3 is 0 Å². The van der Waals surface area contributed by atoms with Crippen molar-refractivity contribution in [1.29, 1.82) is 0 Å². The summed E-state index contributed by atoms with van der Waals surface area (Å²) >= 11 is 1.75. The van der Waals surface area contributed by atoms with Crippen LogP contribution in [0.1, 0.15) is 33.6 Å². The zero-order chi connectivity index (χ0) is 10.3. The lowest BCUT2D eigenvalue weighted by Crippen LogP contribution is -2.36. The minimum Gasteiger partial charge on any atom is -0.392 e. The molecule has 0 aromatic rings. The third-order valence-corrected chi connectivity index (χ3v) is 3.13. The van der Waals surface area contributed by atoms with E-state index in [1.54, 1.807) is 11.8 Å². The fraction of sp³-hybridized carbons (Fsp3) is 1.00. The number of thioether (sulfide) groups is 1. The largest absolute Gasteiger partial charge is 0.392 e. The van der Waals surface area contributed by atoms with Crippen molar-refractivity contribution in [1.82, 2.24) is 5.32 Å². The summed E-state index contributed by atoms with van der Waals surface area (Å²) in [6.45, 7) is 7.27. The lowest BCUT2D eigenvalue weighted by Gasteiger charge is -2.22. The van der Waals surface area contributed by atoms with Crippen LogP contribution in [0.3, 0.4) is 0 Å². The van der Waals surface area contributed by atoms with E-state index in [1.165, 1.54) is 0 Å². The second kappa shape index (κ2) is 7.65. The molecule has 0 aliphatic rings. The van der Waals surface area contributed by atoms with Gasteiger partial charge in [-0.15, -0.1) is 0 Å². The average Bonchev–Trinajstić information content (AvgIpc) is 2.05. The summed E-state index contributed by atoms with van der Waals surface area (Å²) in [5, 5.41) is 13.5. The molecule has 2 atom stereocenters. The molecule has 80 valence electrons. The summed E-state index contributed by atoms with van der Waals surface area (Å²) in [4.78, 5) is 0. The Morgan fingerprint density at radius 1 is 1.38 bits per heavy atom. The lowest BCUT2D eigenvalue weighted by atomic mass is 10.1. The number of aliphatic hydroxyl groups is 1. The first-order chi connectivity index (χ1) is 6.11. The fourth-order valence-corrected chi connectivity index (χ4v) is 1.92. The van der Waals surface area contributed by atoms with E-state index in [-0.39, 0.29) is 6.10 Å². The molecule has 0 radical (unpaired) electrons. The highest BCUT2D eigenvalue weighted by Crippen LogP contribution is 2.14. The molecule has 3 heteroatoms. The summed E-state index contributed by atoms with van der Waals surface area (Å²) in [5.41, 5.74) is 0. The van der Waals surface area contributed by atoms with Crippen LogP contribution >= 0.6 is 11.8 Å². The molecule has 0 fully saturated rings. The van der Waals surface area contributed by atoms with Gasteiger partial charge in [0.25, 0.3) is 0 Å². The highest BCUT2D eigenvalue weighted by Gasteiger charge is 2.16. The predicted molar refractivity (Wildman–Crippen MR) is 61.4 cm³/mol.